The van der Waals surface area contributed by atoms with Crippen LogP contribution in [0.25, 0.3) is 0 Å². The van der Waals surface area contributed by atoms with Crippen molar-refractivity contribution in [3.63, 3.8) is 0 Å². The largest absolute Gasteiger partial charge is 0.508 e. The summed E-state index contributed by atoms with van der Waals surface area (Å²) in [7, 11) is 0. The molecule has 0 spiro atoms. The Bertz CT molecular complexity index is 499. The number of nitrogens with one attached hydrogen (secondary N) is 2. The van der Waals surface area contributed by atoms with Crippen LogP contribution in [0.1, 0.15) is 11.6 Å². The first kappa shape index (κ1) is 15.4. The average Bonchev–Trinajstić information content (AvgIpc) is 2.43. The molecule has 0 unspecified atom stereocenters. The van der Waals surface area contributed by atoms with Gasteiger partial charge in [-0.2, -0.15) is 0 Å². The number of phenols is 1. The van der Waals surface area contributed by atoms with E-state index in [4.69, 9.17) is 10.2 Å². The quantitative estimate of drug-likeness (QED) is 0.540. The lowest BCUT2D eigenvalue weighted by atomic mass is 10.1. The fourth-order valence-corrected chi connectivity index (χ4v) is 1.43. The van der Waals surface area contributed by atoms with Gasteiger partial charge in [-0.15, -0.1) is 0 Å². The first-order chi connectivity index (χ1) is 9.43. The molecule has 1 radical (unpaired) electrons. The van der Waals surface area contributed by atoms with Gasteiger partial charge < -0.3 is 20.8 Å². The molecule has 1 rings (SSSR count). The van der Waals surface area contributed by atoms with E-state index in [2.05, 4.69) is 10.6 Å². The summed E-state index contributed by atoms with van der Waals surface area (Å²) in [5, 5.41) is 32.4. The molecular weight excluding hydrogens is 268 g/mol. The smallest absolute Gasteiger partial charge is 0.322 e. The lowest BCUT2D eigenvalue weighted by Gasteiger charge is -2.17. The Kier molecular flexibility index (Phi) is 5.48. The molecule has 107 valence electrons. The number of rotatable bonds is 6. The van der Waals surface area contributed by atoms with Crippen molar-refractivity contribution in [3.05, 3.63) is 29.8 Å². The van der Waals surface area contributed by atoms with E-state index < -0.39 is 37.0 Å². The molecule has 0 aliphatic rings. The average molecular weight is 281 g/mol. The maximum atomic E-state index is 11.8. The van der Waals surface area contributed by atoms with E-state index in [1.807, 2.05) is 0 Å². The normalized spacial score (nSPS) is 11.4. The van der Waals surface area contributed by atoms with Crippen LogP contribution in [0.2, 0.25) is 0 Å². The van der Waals surface area contributed by atoms with Gasteiger partial charge in [-0.05, 0) is 17.7 Å². The molecular formula is C12H13N2O6. The van der Waals surface area contributed by atoms with Gasteiger partial charge in [0.2, 0.25) is 11.8 Å². The molecule has 1 aromatic carbocycles. The maximum Gasteiger partial charge on any atom is 0.322 e. The van der Waals surface area contributed by atoms with Crippen LogP contribution in [0.3, 0.4) is 0 Å². The predicted octanol–water partition coefficient (Wildman–Crippen LogP) is -0.819. The number of hydrogen-bond acceptors (Lipinski definition) is 4. The zero-order valence-electron chi connectivity index (χ0n) is 10.3. The molecule has 2 amide bonds. The van der Waals surface area contributed by atoms with Crippen molar-refractivity contribution < 1.29 is 29.7 Å². The van der Waals surface area contributed by atoms with Crippen LogP contribution in [0.5, 0.6) is 5.75 Å². The van der Waals surface area contributed by atoms with Crippen LogP contribution < -0.4 is 10.6 Å². The number of aliphatic carboxylic acids is 1. The van der Waals surface area contributed by atoms with E-state index in [0.29, 0.717) is 5.56 Å². The van der Waals surface area contributed by atoms with E-state index in [-0.39, 0.29) is 5.75 Å². The van der Waals surface area contributed by atoms with Gasteiger partial charge in [0.05, 0.1) is 0 Å². The van der Waals surface area contributed by atoms with E-state index in [9.17, 15) is 19.5 Å². The monoisotopic (exact) mass is 281 g/mol. The molecule has 0 aliphatic carbocycles. The minimum absolute atomic E-state index is 0.0337. The third-order valence-electron chi connectivity index (χ3n) is 2.34. The van der Waals surface area contributed by atoms with Crippen LogP contribution in [0.4, 0.5) is 0 Å². The van der Waals surface area contributed by atoms with Crippen LogP contribution in [0.15, 0.2) is 24.3 Å². The predicted molar refractivity (Wildman–Crippen MR) is 65.2 cm³/mol. The summed E-state index contributed by atoms with van der Waals surface area (Å²) in [6, 6.07) is 4.17. The Morgan fingerprint density at radius 2 is 1.75 bits per heavy atom. The molecule has 0 bridgehead atoms. The fraction of sp³-hybridized carbons (Fsp3) is 0.250. The van der Waals surface area contributed by atoms with Crippen molar-refractivity contribution in [2.45, 2.75) is 6.04 Å². The lowest BCUT2D eigenvalue weighted by molar-refractivity contribution is -0.138. The minimum atomic E-state index is -1.24. The first-order valence-electron chi connectivity index (χ1n) is 5.60. The summed E-state index contributed by atoms with van der Waals surface area (Å²) >= 11 is 0. The molecule has 8 nitrogen and oxygen atoms in total. The molecule has 8 heteroatoms. The zero-order chi connectivity index (χ0) is 15.1. The second kappa shape index (κ2) is 7.10. The Balaban J connectivity index is 2.89. The van der Waals surface area contributed by atoms with Gasteiger partial charge >= 0.3 is 5.97 Å². The van der Waals surface area contributed by atoms with Gasteiger partial charge in [-0.1, -0.05) is 12.1 Å². The lowest BCUT2D eigenvalue weighted by Crippen LogP contribution is -2.42. The number of carboxylic acid groups (broad SMARTS) is 1. The molecule has 4 N–H and O–H groups in total. The summed E-state index contributed by atoms with van der Waals surface area (Å²) in [6.07, 6.45) is 0. The van der Waals surface area contributed by atoms with Gasteiger partial charge in [-0.3, -0.25) is 14.4 Å². The highest BCUT2D eigenvalue weighted by Crippen LogP contribution is 2.17. The third kappa shape index (κ3) is 4.58. The fourth-order valence-electron chi connectivity index (χ4n) is 1.43. The molecule has 0 heterocycles. The summed E-state index contributed by atoms with van der Waals surface area (Å²) in [5.74, 6) is -2.93. The van der Waals surface area contributed by atoms with Gasteiger partial charge in [0.25, 0.3) is 0 Å². The number of carbonyl (C=O) groups is 3. The van der Waals surface area contributed by atoms with Crippen LogP contribution in [-0.2, 0) is 19.5 Å². The number of carbonyl (C=O) groups excluding carboxylic acids is 2. The molecule has 0 fully saturated rings. The molecule has 0 saturated carbocycles. The van der Waals surface area contributed by atoms with Crippen molar-refractivity contribution in [2.24, 2.45) is 0 Å². The van der Waals surface area contributed by atoms with E-state index in [1.165, 1.54) is 24.3 Å². The third-order valence-corrected chi connectivity index (χ3v) is 2.34. The van der Waals surface area contributed by atoms with Crippen molar-refractivity contribution in [2.75, 3.05) is 13.2 Å². The summed E-state index contributed by atoms with van der Waals surface area (Å²) < 4.78 is 0. The second-order valence-corrected chi connectivity index (χ2v) is 3.85. The van der Waals surface area contributed by atoms with E-state index in [1.54, 1.807) is 0 Å². The zero-order valence-corrected chi connectivity index (χ0v) is 10.3. The van der Waals surface area contributed by atoms with Gasteiger partial charge in [0, 0.05) is 0 Å². The van der Waals surface area contributed by atoms with Crippen molar-refractivity contribution in [1.82, 2.24) is 10.6 Å². The molecule has 0 saturated heterocycles. The van der Waals surface area contributed by atoms with E-state index in [0.717, 1.165) is 0 Å². The Morgan fingerprint density at radius 3 is 2.25 bits per heavy atom. The van der Waals surface area contributed by atoms with Gasteiger partial charge in [-0.25, -0.2) is 5.11 Å². The van der Waals surface area contributed by atoms with Crippen LogP contribution in [-0.4, -0.2) is 41.1 Å². The number of phenolic OH excluding ortho intramolecular Hbond substituents is 1. The van der Waals surface area contributed by atoms with Gasteiger partial charge in [0.1, 0.15) is 18.3 Å². The topological polar surface area (TPSA) is 136 Å². The highest BCUT2D eigenvalue weighted by atomic mass is 16.4. The van der Waals surface area contributed by atoms with Crippen LogP contribution >= 0.6 is 0 Å². The number of benzene rings is 1. The number of hydrogen-bond donors (Lipinski definition) is 4. The summed E-state index contributed by atoms with van der Waals surface area (Å²) in [4.78, 5) is 33.4. The first-order valence-corrected chi connectivity index (χ1v) is 5.60. The van der Waals surface area contributed by atoms with Crippen molar-refractivity contribution in [1.29, 1.82) is 0 Å². The second-order valence-electron chi connectivity index (χ2n) is 3.85. The SMILES string of the molecule is [O]CC(=O)N[C@@H](C(=O)NCC(=O)O)c1ccc(O)cc1. The number of aromatic hydroxyl groups is 1. The molecule has 0 aliphatic heterocycles. The van der Waals surface area contributed by atoms with Crippen molar-refractivity contribution >= 4 is 17.8 Å². The highest BCUT2D eigenvalue weighted by molar-refractivity contribution is 5.90. The van der Waals surface area contributed by atoms with E-state index >= 15 is 0 Å². The standard InChI is InChI=1S/C12H13N2O6/c15-6-9(17)14-11(12(20)13-5-10(18)19)7-1-3-8(16)4-2-7/h1-4,11,16H,5-6H2,(H,13,20)(H,14,17)(H,18,19)/t11-/m1/s1. The molecule has 1 atom stereocenters. The minimum Gasteiger partial charge on any atom is -0.508 e. The number of carboxylic acids is 1. The molecule has 0 aromatic heterocycles. The van der Waals surface area contributed by atoms with Crippen molar-refractivity contribution in [3.8, 4) is 5.75 Å². The highest BCUT2D eigenvalue weighted by Gasteiger charge is 2.23. The Hall–Kier alpha value is -2.61. The summed E-state index contributed by atoms with van der Waals surface area (Å²) in [6.45, 7) is -1.67. The Morgan fingerprint density at radius 1 is 1.15 bits per heavy atom. The molecule has 1 aromatic rings. The summed E-state index contributed by atoms with van der Waals surface area (Å²) in [5.41, 5.74) is 0.312. The Labute approximate surface area is 114 Å². The van der Waals surface area contributed by atoms with Gasteiger partial charge in [0.15, 0.2) is 6.61 Å². The maximum absolute atomic E-state index is 11.8. The molecule has 20 heavy (non-hydrogen) atoms. The number of amides is 2. The van der Waals surface area contributed by atoms with Crippen LogP contribution in [0, 0.1) is 0 Å².